The number of carbonyl (C=O) groups excluding carboxylic acids is 3. The molecule has 0 aliphatic carbocycles. The molecule has 1 aliphatic rings. The maximum absolute atomic E-state index is 12.1. The van der Waals surface area contributed by atoms with Crippen LogP contribution in [0.4, 0.5) is 0 Å². The minimum atomic E-state index is -0.986. The number of carbonyl (C=O) groups is 3. The minimum Gasteiger partial charge on any atom is -0.349 e. The van der Waals surface area contributed by atoms with Gasteiger partial charge in [0.2, 0.25) is 0 Å². The summed E-state index contributed by atoms with van der Waals surface area (Å²) in [7, 11) is 0. The molecule has 0 saturated carbocycles. The van der Waals surface area contributed by atoms with Crippen molar-refractivity contribution >= 4 is 74.5 Å². The molecule has 3 heterocycles. The summed E-state index contributed by atoms with van der Waals surface area (Å²) in [5.74, 6) is -2.23. The Morgan fingerprint density at radius 3 is 2.78 bits per heavy atom. The fourth-order valence-electron chi connectivity index (χ4n) is 1.94. The molecule has 0 atom stereocenters. The zero-order chi connectivity index (χ0) is 16.6. The average molecular weight is 394 g/mol. The summed E-state index contributed by atoms with van der Waals surface area (Å²) in [5, 5.41) is 2.37. The van der Waals surface area contributed by atoms with Crippen molar-refractivity contribution in [1.82, 2.24) is 15.2 Å². The van der Waals surface area contributed by atoms with E-state index in [2.05, 4.69) is 10.3 Å². The van der Waals surface area contributed by atoms with Crippen LogP contribution < -0.4 is 5.32 Å². The largest absolute Gasteiger partial charge is 0.349 e. The van der Waals surface area contributed by atoms with Crippen molar-refractivity contribution in [2.24, 2.45) is 0 Å². The number of hydrogen-bond donors (Lipinski definition) is 2. The number of fused-ring (bicyclic) bond motifs is 1. The van der Waals surface area contributed by atoms with E-state index < -0.39 is 17.7 Å². The van der Waals surface area contributed by atoms with Crippen LogP contribution in [-0.4, -0.2) is 46.6 Å². The van der Waals surface area contributed by atoms with Gasteiger partial charge in [0.25, 0.3) is 5.91 Å². The second kappa shape index (κ2) is 6.70. The molecule has 3 amide bonds. The summed E-state index contributed by atoms with van der Waals surface area (Å²) in [5.41, 5.74) is 0.650. The van der Waals surface area contributed by atoms with Crippen molar-refractivity contribution in [1.29, 1.82) is 0 Å². The molecule has 0 unspecified atom stereocenters. The van der Waals surface area contributed by atoms with Crippen molar-refractivity contribution in [3.8, 4) is 0 Å². The molecule has 0 bridgehead atoms. The third kappa shape index (κ3) is 3.33. The molecule has 23 heavy (non-hydrogen) atoms. The van der Waals surface area contributed by atoms with Gasteiger partial charge in [-0.05, 0) is 6.07 Å². The number of thiophene rings is 1. The van der Waals surface area contributed by atoms with E-state index in [1.54, 1.807) is 0 Å². The number of nitrogens with one attached hydrogen (secondary N) is 2. The first-order valence-corrected chi connectivity index (χ1v) is 8.81. The molecule has 1 aliphatic heterocycles. The molecular formula is C12H9Cl2N3O4S2. The number of H-pyrrole nitrogens is 1. The molecule has 7 nitrogen and oxygen atoms in total. The third-order valence-electron chi connectivity index (χ3n) is 3.06. The fraction of sp³-hybridized carbons (Fsp3) is 0.250. The van der Waals surface area contributed by atoms with E-state index >= 15 is 0 Å². The fourth-order valence-corrected chi connectivity index (χ4v) is 4.06. The van der Waals surface area contributed by atoms with E-state index in [0.717, 1.165) is 12.0 Å². The Morgan fingerprint density at radius 2 is 2.13 bits per heavy atom. The van der Waals surface area contributed by atoms with E-state index in [9.17, 15) is 14.4 Å². The molecule has 1 fully saturated rings. The normalized spacial score (nSPS) is 15.0. The Kier molecular flexibility index (Phi) is 4.83. The molecule has 2 N–H and O–H groups in total. The zero-order valence-electron chi connectivity index (χ0n) is 11.4. The van der Waals surface area contributed by atoms with Gasteiger partial charge in [-0.25, -0.2) is 0 Å². The number of imide groups is 1. The van der Waals surface area contributed by atoms with Gasteiger partial charge < -0.3 is 14.1 Å². The van der Waals surface area contributed by atoms with Gasteiger partial charge in [-0.15, -0.1) is 11.3 Å². The summed E-state index contributed by atoms with van der Waals surface area (Å²) >= 11 is 14.2. The molecule has 3 rings (SSSR count). The van der Waals surface area contributed by atoms with E-state index in [4.69, 9.17) is 27.4 Å². The second-order valence-electron chi connectivity index (χ2n) is 4.53. The summed E-state index contributed by atoms with van der Waals surface area (Å²) in [4.78, 5) is 40.0. The summed E-state index contributed by atoms with van der Waals surface area (Å²) in [6.45, 7) is 0.642. The Balaban J connectivity index is 1.69. The summed E-state index contributed by atoms with van der Waals surface area (Å²) in [6, 6.07) is 1.52. The molecule has 0 radical (unpaired) electrons. The third-order valence-corrected chi connectivity index (χ3v) is 5.75. The lowest BCUT2D eigenvalue weighted by Crippen LogP contribution is -2.47. The summed E-state index contributed by atoms with van der Waals surface area (Å²) < 4.78 is 6.12. The Bertz CT molecular complexity index is 798. The first kappa shape index (κ1) is 16.6. The second-order valence-corrected chi connectivity index (χ2v) is 7.29. The molecule has 1 saturated heterocycles. The monoisotopic (exact) mass is 393 g/mol. The lowest BCUT2D eigenvalue weighted by atomic mass is 10.4. The number of aromatic nitrogens is 1. The molecule has 122 valence electrons. The van der Waals surface area contributed by atoms with Gasteiger partial charge in [0, 0.05) is 18.6 Å². The molecule has 0 aromatic carbocycles. The lowest BCUT2D eigenvalue weighted by Gasteiger charge is -2.24. The average Bonchev–Trinajstić information content (AvgIpc) is 3.08. The number of aromatic amines is 1. The highest BCUT2D eigenvalue weighted by Crippen LogP contribution is 2.38. The highest BCUT2D eigenvalue weighted by molar-refractivity contribution is 7.94. The van der Waals surface area contributed by atoms with Gasteiger partial charge >= 0.3 is 11.8 Å². The molecular weight excluding hydrogens is 385 g/mol. The number of hydrogen-bond acceptors (Lipinski definition) is 6. The Hall–Kier alpha value is -1.26. The van der Waals surface area contributed by atoms with Gasteiger partial charge in [0.05, 0.1) is 27.7 Å². The van der Waals surface area contributed by atoms with Gasteiger partial charge in [0.15, 0.2) is 0 Å². The molecule has 11 heteroatoms. The number of halogens is 2. The van der Waals surface area contributed by atoms with Crippen LogP contribution in [0, 0.1) is 0 Å². The van der Waals surface area contributed by atoms with E-state index in [1.165, 1.54) is 22.3 Å². The van der Waals surface area contributed by atoms with Crippen LogP contribution in [0.3, 0.4) is 0 Å². The molecule has 0 spiro atoms. The van der Waals surface area contributed by atoms with Gasteiger partial charge in [0.1, 0.15) is 10.0 Å². The van der Waals surface area contributed by atoms with Crippen molar-refractivity contribution in [3.05, 3.63) is 21.1 Å². The first-order valence-electron chi connectivity index (χ1n) is 6.33. The van der Waals surface area contributed by atoms with Crippen molar-refractivity contribution in [2.45, 2.75) is 0 Å². The van der Waals surface area contributed by atoms with Crippen LogP contribution in [0.1, 0.15) is 10.5 Å². The van der Waals surface area contributed by atoms with Crippen LogP contribution >= 0.6 is 46.6 Å². The maximum Gasteiger partial charge on any atom is 0.316 e. The van der Waals surface area contributed by atoms with Gasteiger partial charge in [-0.3, -0.25) is 19.7 Å². The van der Waals surface area contributed by atoms with Crippen LogP contribution in [0.5, 0.6) is 0 Å². The highest BCUT2D eigenvalue weighted by atomic mass is 35.5. The van der Waals surface area contributed by atoms with E-state index in [0.29, 0.717) is 32.7 Å². The quantitative estimate of drug-likeness (QED) is 0.572. The number of amides is 3. The minimum absolute atomic E-state index is 0.127. The first-order chi connectivity index (χ1) is 11.0. The van der Waals surface area contributed by atoms with E-state index in [1.807, 2.05) is 0 Å². The van der Waals surface area contributed by atoms with Gasteiger partial charge in [-0.1, -0.05) is 23.2 Å². The topological polar surface area (TPSA) is 91.5 Å². The van der Waals surface area contributed by atoms with Crippen LogP contribution in [0.15, 0.2) is 6.07 Å². The molecule has 2 aromatic heterocycles. The maximum atomic E-state index is 12.1. The highest BCUT2D eigenvalue weighted by Gasteiger charge is 2.26. The smallest absolute Gasteiger partial charge is 0.316 e. The SMILES string of the molecule is O=C(NC(=O)c1cc2sc(Cl)c(Cl)c2[nH]1)C(=O)N1CCOSC1. The van der Waals surface area contributed by atoms with Crippen LogP contribution in [0.2, 0.25) is 9.36 Å². The summed E-state index contributed by atoms with van der Waals surface area (Å²) in [6.07, 6.45) is 0. The number of rotatable bonds is 1. The zero-order valence-corrected chi connectivity index (χ0v) is 14.5. The van der Waals surface area contributed by atoms with Crippen molar-refractivity contribution in [3.63, 3.8) is 0 Å². The van der Waals surface area contributed by atoms with Crippen molar-refractivity contribution in [2.75, 3.05) is 19.0 Å². The van der Waals surface area contributed by atoms with Crippen LogP contribution in [0.25, 0.3) is 10.2 Å². The number of nitrogens with zero attached hydrogens (tertiary/aromatic N) is 1. The predicted molar refractivity (Wildman–Crippen MR) is 88.8 cm³/mol. The van der Waals surface area contributed by atoms with E-state index in [-0.39, 0.29) is 11.6 Å². The lowest BCUT2D eigenvalue weighted by molar-refractivity contribution is -0.145. The predicted octanol–water partition coefficient (Wildman–Crippen LogP) is 2.26. The Morgan fingerprint density at radius 1 is 1.35 bits per heavy atom. The van der Waals surface area contributed by atoms with Crippen molar-refractivity contribution < 1.29 is 18.6 Å². The standard InChI is InChI=1S/C12H9Cl2N3O4S2/c13-7-8-6(23-9(7)14)3-5(15-8)10(18)16-11(19)12(20)17-1-2-21-22-4-17/h3,15H,1-2,4H2,(H,16,18,19). The molecule has 2 aromatic rings. The van der Waals surface area contributed by atoms with Gasteiger partial charge in [-0.2, -0.15) is 0 Å². The Labute approximate surface area is 148 Å². The van der Waals surface area contributed by atoms with Crippen LogP contribution in [-0.2, 0) is 13.8 Å².